The minimum absolute atomic E-state index is 0.380. The van der Waals surface area contributed by atoms with Crippen molar-refractivity contribution in [1.82, 2.24) is 4.68 Å². The van der Waals surface area contributed by atoms with Crippen LogP contribution in [0.2, 0.25) is 0 Å². The molecule has 1 N–H and O–H groups in total. The van der Waals surface area contributed by atoms with Gasteiger partial charge < -0.3 is 10.2 Å². The Morgan fingerprint density at radius 2 is 2.17 bits per heavy atom. The van der Waals surface area contributed by atoms with Crippen molar-refractivity contribution in [3.05, 3.63) is 36.8 Å². The fraction of sp³-hybridized carbons (Fsp3) is 0.125. The van der Waals surface area contributed by atoms with E-state index < -0.39 is 0 Å². The number of carbonyl (C=O) groups is 1. The minimum atomic E-state index is -0.380. The van der Waals surface area contributed by atoms with Gasteiger partial charge in [0.2, 0.25) is 0 Å². The number of esters is 1. The highest BCUT2D eigenvalue weighted by Crippen LogP contribution is 1.85. The largest absolute Gasteiger partial charge is 0.466 e. The van der Waals surface area contributed by atoms with E-state index in [1.807, 2.05) is 24.5 Å². The molecule has 0 aliphatic rings. The van der Waals surface area contributed by atoms with E-state index >= 15 is 0 Å². The maximum absolute atomic E-state index is 10.6. The van der Waals surface area contributed by atoms with Crippen molar-refractivity contribution in [2.75, 3.05) is 12.5 Å². The van der Waals surface area contributed by atoms with Crippen molar-refractivity contribution < 1.29 is 9.53 Å². The quantitative estimate of drug-likeness (QED) is 0.531. The molecule has 0 unspecified atom stereocenters. The van der Waals surface area contributed by atoms with Gasteiger partial charge in [-0.05, 0) is 12.1 Å². The number of carbonyl (C=O) groups excluding carboxylic acids is 1. The fourth-order valence-electron chi connectivity index (χ4n) is 0.680. The van der Waals surface area contributed by atoms with Crippen LogP contribution in [0.4, 0.5) is 0 Å². The van der Waals surface area contributed by atoms with Gasteiger partial charge in [0.05, 0.1) is 7.11 Å². The lowest BCUT2D eigenvalue weighted by molar-refractivity contribution is -0.134. The van der Waals surface area contributed by atoms with E-state index in [1.54, 1.807) is 4.68 Å². The number of rotatable bonds is 3. The molecule has 1 heterocycles. The first-order valence-corrected chi connectivity index (χ1v) is 3.47. The number of hydrogen-bond donors (Lipinski definition) is 1. The SMILES string of the molecule is COC(=O)/C=C/Nn1cccc1. The molecule has 0 atom stereocenters. The first-order valence-electron chi connectivity index (χ1n) is 3.47. The average molecular weight is 166 g/mol. The summed E-state index contributed by atoms with van der Waals surface area (Å²) in [7, 11) is 1.34. The third-order valence-corrected chi connectivity index (χ3v) is 1.25. The van der Waals surface area contributed by atoms with Crippen molar-refractivity contribution in [1.29, 1.82) is 0 Å². The van der Waals surface area contributed by atoms with Gasteiger partial charge in [0, 0.05) is 24.7 Å². The second-order valence-corrected chi connectivity index (χ2v) is 2.08. The Bertz CT molecular complexity index is 265. The Morgan fingerprint density at radius 1 is 1.50 bits per heavy atom. The summed E-state index contributed by atoms with van der Waals surface area (Å²) in [5, 5.41) is 0. The van der Waals surface area contributed by atoms with Crippen LogP contribution in [0.1, 0.15) is 0 Å². The summed E-state index contributed by atoms with van der Waals surface area (Å²) in [4.78, 5) is 10.6. The van der Waals surface area contributed by atoms with Crippen molar-refractivity contribution in [2.24, 2.45) is 0 Å². The molecule has 0 amide bonds. The minimum Gasteiger partial charge on any atom is -0.466 e. The molecule has 1 aromatic heterocycles. The van der Waals surface area contributed by atoms with Crippen LogP contribution in [0.5, 0.6) is 0 Å². The molecule has 0 aromatic carbocycles. The second-order valence-electron chi connectivity index (χ2n) is 2.08. The van der Waals surface area contributed by atoms with E-state index in [0.29, 0.717) is 0 Å². The fourth-order valence-corrected chi connectivity index (χ4v) is 0.680. The van der Waals surface area contributed by atoms with Crippen LogP contribution in [0.15, 0.2) is 36.8 Å². The van der Waals surface area contributed by atoms with E-state index in [9.17, 15) is 4.79 Å². The molecule has 0 aliphatic heterocycles. The molecule has 0 fully saturated rings. The normalized spacial score (nSPS) is 10.1. The van der Waals surface area contributed by atoms with E-state index in [4.69, 9.17) is 0 Å². The average Bonchev–Trinajstić information content (AvgIpc) is 2.57. The van der Waals surface area contributed by atoms with Crippen LogP contribution >= 0.6 is 0 Å². The summed E-state index contributed by atoms with van der Waals surface area (Å²) in [6, 6.07) is 3.75. The van der Waals surface area contributed by atoms with Crippen LogP contribution in [0.3, 0.4) is 0 Å². The molecular weight excluding hydrogens is 156 g/mol. The molecule has 0 radical (unpaired) electrons. The Hall–Kier alpha value is -1.71. The van der Waals surface area contributed by atoms with Crippen LogP contribution in [0, 0.1) is 0 Å². The van der Waals surface area contributed by atoms with E-state index in [0.717, 1.165) is 0 Å². The predicted octanol–water partition coefficient (Wildman–Crippen LogP) is 0.718. The number of methoxy groups -OCH3 is 1. The number of aromatic nitrogens is 1. The highest BCUT2D eigenvalue weighted by Gasteiger charge is 1.88. The van der Waals surface area contributed by atoms with Gasteiger partial charge in [0.15, 0.2) is 0 Å². The molecule has 1 rings (SSSR count). The van der Waals surface area contributed by atoms with Crippen LogP contribution in [-0.4, -0.2) is 17.8 Å². The van der Waals surface area contributed by atoms with Gasteiger partial charge >= 0.3 is 5.97 Å². The summed E-state index contributed by atoms with van der Waals surface area (Å²) in [5.74, 6) is -0.380. The standard InChI is InChI=1S/C8H10N2O2/c1-12-8(11)4-5-9-10-6-2-3-7-10/h2-7,9H,1H3/b5-4+. The molecule has 64 valence electrons. The van der Waals surface area contributed by atoms with Crippen molar-refractivity contribution in [3.63, 3.8) is 0 Å². The molecule has 0 aliphatic carbocycles. The molecule has 0 spiro atoms. The summed E-state index contributed by atoms with van der Waals surface area (Å²) >= 11 is 0. The molecule has 0 saturated heterocycles. The van der Waals surface area contributed by atoms with Gasteiger partial charge in [0.25, 0.3) is 0 Å². The number of ether oxygens (including phenoxy) is 1. The van der Waals surface area contributed by atoms with E-state index in [2.05, 4.69) is 10.2 Å². The molecule has 4 heteroatoms. The summed E-state index contributed by atoms with van der Waals surface area (Å²) in [6.45, 7) is 0. The summed E-state index contributed by atoms with van der Waals surface area (Å²) in [6.07, 6.45) is 6.45. The van der Waals surface area contributed by atoms with Gasteiger partial charge in [-0.25, -0.2) is 4.79 Å². The van der Waals surface area contributed by atoms with E-state index in [1.165, 1.54) is 19.4 Å². The van der Waals surface area contributed by atoms with Crippen molar-refractivity contribution in [3.8, 4) is 0 Å². The molecule has 0 saturated carbocycles. The summed E-state index contributed by atoms with van der Waals surface area (Å²) in [5.41, 5.74) is 2.83. The van der Waals surface area contributed by atoms with Crippen LogP contribution in [-0.2, 0) is 9.53 Å². The van der Waals surface area contributed by atoms with Gasteiger partial charge in [-0.3, -0.25) is 4.68 Å². The zero-order valence-electron chi connectivity index (χ0n) is 6.73. The van der Waals surface area contributed by atoms with Crippen molar-refractivity contribution in [2.45, 2.75) is 0 Å². The maximum Gasteiger partial charge on any atom is 0.332 e. The van der Waals surface area contributed by atoms with Gasteiger partial charge in [-0.1, -0.05) is 0 Å². The lowest BCUT2D eigenvalue weighted by Gasteiger charge is -1.98. The summed E-state index contributed by atoms with van der Waals surface area (Å²) < 4.78 is 6.10. The molecule has 12 heavy (non-hydrogen) atoms. The Kier molecular flexibility index (Phi) is 2.95. The number of hydrogen-bond acceptors (Lipinski definition) is 3. The highest BCUT2D eigenvalue weighted by atomic mass is 16.5. The van der Waals surface area contributed by atoms with Crippen LogP contribution in [0.25, 0.3) is 0 Å². The maximum atomic E-state index is 10.6. The topological polar surface area (TPSA) is 43.3 Å². The first kappa shape index (κ1) is 8.39. The molecule has 1 aromatic rings. The number of nitrogens with zero attached hydrogens (tertiary/aromatic N) is 1. The third-order valence-electron chi connectivity index (χ3n) is 1.25. The Labute approximate surface area is 70.4 Å². The van der Waals surface area contributed by atoms with Crippen molar-refractivity contribution >= 4 is 5.97 Å². The lowest BCUT2D eigenvalue weighted by atomic mass is 10.6. The Balaban J connectivity index is 2.35. The third kappa shape index (κ3) is 2.49. The second kappa shape index (κ2) is 4.23. The lowest BCUT2D eigenvalue weighted by Crippen LogP contribution is -2.05. The smallest absolute Gasteiger partial charge is 0.332 e. The zero-order valence-corrected chi connectivity index (χ0v) is 6.73. The molecule has 0 bridgehead atoms. The van der Waals surface area contributed by atoms with E-state index in [-0.39, 0.29) is 5.97 Å². The highest BCUT2D eigenvalue weighted by molar-refractivity contribution is 5.81. The molecule has 4 nitrogen and oxygen atoms in total. The molecular formula is C8H10N2O2. The zero-order chi connectivity index (χ0) is 8.81. The van der Waals surface area contributed by atoms with Gasteiger partial charge in [-0.15, -0.1) is 0 Å². The monoisotopic (exact) mass is 166 g/mol. The number of nitrogens with one attached hydrogen (secondary N) is 1. The predicted molar refractivity (Wildman–Crippen MR) is 44.9 cm³/mol. The van der Waals surface area contributed by atoms with Gasteiger partial charge in [0.1, 0.15) is 0 Å². The Morgan fingerprint density at radius 3 is 2.75 bits per heavy atom. The van der Waals surface area contributed by atoms with Gasteiger partial charge in [-0.2, -0.15) is 0 Å². The first-order chi connectivity index (χ1) is 5.83. The van der Waals surface area contributed by atoms with Crippen LogP contribution < -0.4 is 5.43 Å².